The van der Waals surface area contributed by atoms with Crippen molar-refractivity contribution >= 4 is 11.8 Å². The molecule has 4 nitrogen and oxygen atoms in total. The van der Waals surface area contributed by atoms with Gasteiger partial charge < -0.3 is 10.6 Å². The largest absolute Gasteiger partial charge is 0.392 e. The van der Waals surface area contributed by atoms with Crippen LogP contribution in [-0.4, -0.2) is 97.0 Å². The van der Waals surface area contributed by atoms with Gasteiger partial charge >= 0.3 is 72.1 Å². The highest BCUT2D eigenvalue weighted by atomic mass is 19.4. The summed E-state index contributed by atoms with van der Waals surface area (Å²) in [7, 11) is 0. The van der Waals surface area contributed by atoms with E-state index < -0.39 is 97.0 Å². The van der Waals surface area contributed by atoms with E-state index in [1.165, 1.54) is 0 Å². The Morgan fingerprint density at radius 3 is 0.741 bits per heavy atom. The minimum Gasteiger partial charge on any atom is -0.351 e. The second-order valence-electron chi connectivity index (χ2n) is 11.5. The molecule has 0 atom stereocenters. The lowest BCUT2D eigenvalue weighted by atomic mass is 9.94. The van der Waals surface area contributed by atoms with Gasteiger partial charge in [-0.25, -0.2) is 17.6 Å². The van der Waals surface area contributed by atoms with Crippen LogP contribution in [0.1, 0.15) is 64.2 Å². The van der Waals surface area contributed by atoms with Gasteiger partial charge in [-0.05, 0) is 12.8 Å². The Balaban J connectivity index is 4.61. The van der Waals surface area contributed by atoms with Crippen LogP contribution in [0.3, 0.4) is 0 Å². The van der Waals surface area contributed by atoms with Crippen LogP contribution in [-0.2, 0) is 9.59 Å². The molecule has 0 radical (unpaired) electrons. The van der Waals surface area contributed by atoms with Gasteiger partial charge in [-0.3, -0.25) is 9.59 Å². The molecule has 54 heavy (non-hydrogen) atoms. The van der Waals surface area contributed by atoms with Crippen molar-refractivity contribution in [3.8, 4) is 0 Å². The van der Waals surface area contributed by atoms with E-state index in [-0.39, 0.29) is 38.5 Å². The lowest BCUT2D eigenvalue weighted by molar-refractivity contribution is -0.407. The summed E-state index contributed by atoms with van der Waals surface area (Å²) in [4.78, 5) is 22.7. The molecule has 0 aliphatic carbocycles. The molecule has 0 aliphatic heterocycles. The lowest BCUT2D eigenvalue weighted by Gasteiger charge is -2.38. The molecule has 0 saturated heterocycles. The molecule has 2 N–H and O–H groups in total. The maximum atomic E-state index is 13.7. The molecule has 0 unspecified atom stereocenters. The lowest BCUT2D eigenvalue weighted by Crippen LogP contribution is -2.70. The third kappa shape index (κ3) is 9.44. The van der Waals surface area contributed by atoms with Gasteiger partial charge in [-0.15, -0.1) is 0 Å². The highest BCUT2D eigenvalue weighted by Crippen LogP contribution is 2.59. The minimum atomic E-state index is -7.86. The summed E-state index contributed by atoms with van der Waals surface area (Å²) in [6.07, 6.45) is -10.2. The van der Waals surface area contributed by atoms with Gasteiger partial charge in [0.2, 0.25) is 0 Å². The normalized spacial score (nSPS) is 14.9. The molecule has 0 aromatic heterocycles. The van der Waals surface area contributed by atoms with E-state index >= 15 is 0 Å². The summed E-state index contributed by atoms with van der Waals surface area (Å²) in [6, 6.07) is 0. The average Bonchev–Trinajstić information content (AvgIpc) is 3.03. The van der Waals surface area contributed by atoms with Gasteiger partial charge in [0.15, 0.2) is 0 Å². The molecule has 0 aromatic rings. The van der Waals surface area contributed by atoms with Crippen LogP contribution in [0.2, 0.25) is 0 Å². The molecule has 0 saturated carbocycles. The summed E-state index contributed by atoms with van der Waals surface area (Å²) in [5.41, 5.74) is 0. The van der Waals surface area contributed by atoms with Gasteiger partial charge in [0.25, 0.3) is 11.8 Å². The van der Waals surface area contributed by atoms with E-state index in [9.17, 15) is 115 Å². The number of rotatable bonds is 25. The van der Waals surface area contributed by atoms with E-state index in [0.29, 0.717) is 25.7 Å². The average molecular weight is 856 g/mol. The molecule has 28 heteroatoms. The van der Waals surface area contributed by atoms with Crippen molar-refractivity contribution in [3.63, 3.8) is 0 Å². The molecule has 0 fully saturated rings. The van der Waals surface area contributed by atoms with Crippen molar-refractivity contribution in [2.75, 3.05) is 13.1 Å². The van der Waals surface area contributed by atoms with Crippen LogP contribution in [0.15, 0.2) is 0 Å². The number of halogens is 24. The molecule has 0 spiro atoms. The number of alkyl halides is 24. The fourth-order valence-electron chi connectivity index (χ4n) is 4.06. The minimum absolute atomic E-state index is 0.0126. The number of amides is 2. The van der Waals surface area contributed by atoms with Gasteiger partial charge in [0.1, 0.15) is 0 Å². The van der Waals surface area contributed by atoms with Crippen molar-refractivity contribution in [1.29, 1.82) is 0 Å². The number of hydrogen-bond donors (Lipinski definition) is 2. The molecular weight excluding hydrogens is 828 g/mol. The quantitative estimate of drug-likeness (QED) is 0.0710. The van der Waals surface area contributed by atoms with Crippen molar-refractivity contribution in [3.05, 3.63) is 0 Å². The van der Waals surface area contributed by atoms with Gasteiger partial charge in [0, 0.05) is 13.1 Å². The predicted octanol–water partition coefficient (Wildman–Crippen LogP) is 10.0. The molecule has 322 valence electrons. The Morgan fingerprint density at radius 1 is 0.333 bits per heavy atom. The first-order valence-corrected chi connectivity index (χ1v) is 14.8. The highest BCUT2D eigenvalue weighted by Gasteiger charge is 2.90. The Labute approximate surface area is 287 Å². The molecule has 0 rings (SSSR count). The maximum absolute atomic E-state index is 13.7. The van der Waals surface area contributed by atoms with Gasteiger partial charge in [0.05, 0.1) is 0 Å². The van der Waals surface area contributed by atoms with E-state index in [0.717, 1.165) is 10.6 Å². The van der Waals surface area contributed by atoms with Crippen LogP contribution in [0, 0.1) is 0 Å². The fourth-order valence-corrected chi connectivity index (χ4v) is 4.06. The summed E-state index contributed by atoms with van der Waals surface area (Å²) in [5.74, 6) is -81.1. The summed E-state index contributed by atoms with van der Waals surface area (Å²) in [6.45, 7) is -1.94. The molecule has 0 aliphatic rings. The zero-order valence-electron chi connectivity index (χ0n) is 26.5. The topological polar surface area (TPSA) is 58.2 Å². The van der Waals surface area contributed by atoms with Crippen LogP contribution < -0.4 is 10.6 Å². The second-order valence-corrected chi connectivity index (χ2v) is 11.5. The van der Waals surface area contributed by atoms with Crippen LogP contribution in [0.5, 0.6) is 0 Å². The number of unbranched alkanes of at least 4 members (excludes halogenated alkanes) is 9. The first-order valence-electron chi connectivity index (χ1n) is 14.8. The third-order valence-corrected chi connectivity index (χ3v) is 7.50. The zero-order chi connectivity index (χ0) is 43.2. The molecule has 0 bridgehead atoms. The zero-order valence-corrected chi connectivity index (χ0v) is 26.5. The van der Waals surface area contributed by atoms with E-state index in [2.05, 4.69) is 0 Å². The standard InChI is InChI=1S/C26H28F24N2O2/c27-13(28)17(31,32)21(39,40)25(47,48)23(43,44)19(35,36)15(53)51-11-9-7-5-3-1-2-4-6-8-10-12-52-16(54)20(37,38)24(45,46)26(49,50)22(41,42)18(33,34)14(29)30/h13-14H,1-12H2,(H,51,53)(H,52,54). The SMILES string of the molecule is O=C(NCCCCCCCCCCCCNC(=O)C(F)(F)C(F)(F)C(F)(F)C(F)(F)C(F)(F)C(F)F)C(F)(F)C(F)(F)C(F)(F)C(F)(F)C(F)(F)C(F)F. The monoisotopic (exact) mass is 856 g/mol. The maximum Gasteiger partial charge on any atom is 0.392 e. The number of carbonyl (C=O) groups excluding carboxylic acids is 2. The Hall–Kier alpha value is -2.74. The number of carbonyl (C=O) groups is 2. The van der Waals surface area contributed by atoms with Crippen molar-refractivity contribution < 1.29 is 115 Å². The molecule has 0 aromatic carbocycles. The third-order valence-electron chi connectivity index (χ3n) is 7.50. The predicted molar refractivity (Wildman–Crippen MR) is 134 cm³/mol. The first-order chi connectivity index (χ1) is 23.9. The van der Waals surface area contributed by atoms with E-state index in [1.807, 2.05) is 0 Å². The van der Waals surface area contributed by atoms with E-state index in [1.54, 1.807) is 0 Å². The molecular formula is C26H28F24N2O2. The highest BCUT2D eigenvalue weighted by molar-refractivity contribution is 5.85. The number of hydrogen-bond acceptors (Lipinski definition) is 2. The Morgan fingerprint density at radius 2 is 0.537 bits per heavy atom. The van der Waals surface area contributed by atoms with Crippen LogP contribution >= 0.6 is 0 Å². The Bertz CT molecular complexity index is 1130. The second kappa shape index (κ2) is 17.6. The van der Waals surface area contributed by atoms with Crippen molar-refractivity contribution in [2.45, 2.75) is 136 Å². The smallest absolute Gasteiger partial charge is 0.351 e. The fraction of sp³-hybridized carbons (Fsp3) is 0.923. The summed E-state index contributed by atoms with van der Waals surface area (Å²) >= 11 is 0. The Kier molecular flexibility index (Phi) is 16.7. The van der Waals surface area contributed by atoms with Crippen LogP contribution in [0.4, 0.5) is 105 Å². The number of nitrogens with one attached hydrogen (secondary N) is 2. The van der Waals surface area contributed by atoms with Gasteiger partial charge in [-0.1, -0.05) is 51.4 Å². The summed E-state index contributed by atoms with van der Waals surface area (Å²) < 4.78 is 316. The van der Waals surface area contributed by atoms with Crippen LogP contribution in [0.25, 0.3) is 0 Å². The van der Waals surface area contributed by atoms with Crippen molar-refractivity contribution in [1.82, 2.24) is 10.6 Å². The van der Waals surface area contributed by atoms with Crippen molar-refractivity contribution in [2.24, 2.45) is 0 Å². The summed E-state index contributed by atoms with van der Waals surface area (Å²) in [5, 5.41) is 1.98. The van der Waals surface area contributed by atoms with Gasteiger partial charge in [-0.2, -0.15) is 87.8 Å². The molecule has 2 amide bonds. The van der Waals surface area contributed by atoms with E-state index in [4.69, 9.17) is 0 Å². The first kappa shape index (κ1) is 51.3. The molecule has 0 heterocycles.